The third kappa shape index (κ3) is 2.94. The molecule has 1 aromatic rings. The second-order valence-corrected chi connectivity index (χ2v) is 3.65. The van der Waals surface area contributed by atoms with Gasteiger partial charge in [-0.15, -0.1) is 0 Å². The molecule has 0 aromatic heterocycles. The fourth-order valence-electron chi connectivity index (χ4n) is 1.43. The predicted octanol–water partition coefficient (Wildman–Crippen LogP) is 2.25. The Morgan fingerprint density at radius 1 is 1.20 bits per heavy atom. The standard InChI is InChI=1S/C11H13ClN2O/c12-11(14-6-8-15-9-7-14)13-10-4-2-1-3-5-10/h1-5H,6-9H2. The molecule has 1 heterocycles. The minimum Gasteiger partial charge on any atom is -0.378 e. The molecule has 1 aromatic carbocycles. The topological polar surface area (TPSA) is 24.8 Å². The number of benzene rings is 1. The lowest BCUT2D eigenvalue weighted by molar-refractivity contribution is 0.0692. The Kier molecular flexibility index (Phi) is 3.59. The molecule has 0 amide bonds. The van der Waals surface area contributed by atoms with Crippen molar-refractivity contribution in [3.63, 3.8) is 0 Å². The molecule has 3 nitrogen and oxygen atoms in total. The van der Waals surface area contributed by atoms with Gasteiger partial charge in [0.15, 0.2) is 5.29 Å². The maximum Gasteiger partial charge on any atom is 0.199 e. The zero-order chi connectivity index (χ0) is 10.5. The molecular formula is C11H13ClN2O. The lowest BCUT2D eigenvalue weighted by Crippen LogP contribution is -2.38. The zero-order valence-electron chi connectivity index (χ0n) is 8.40. The first-order chi connectivity index (χ1) is 7.36. The highest BCUT2D eigenvalue weighted by Crippen LogP contribution is 2.13. The summed E-state index contributed by atoms with van der Waals surface area (Å²) in [5, 5.41) is 0.546. The van der Waals surface area contributed by atoms with Gasteiger partial charge >= 0.3 is 0 Å². The minimum absolute atomic E-state index is 0.546. The SMILES string of the molecule is ClC(=Nc1ccccc1)N1CCOCC1. The van der Waals surface area contributed by atoms with Crippen molar-refractivity contribution in [3.05, 3.63) is 30.3 Å². The number of ether oxygens (including phenoxy) is 1. The number of para-hydroxylation sites is 1. The third-order valence-electron chi connectivity index (χ3n) is 2.25. The Labute approximate surface area is 94.3 Å². The fraction of sp³-hybridized carbons (Fsp3) is 0.364. The molecule has 1 saturated heterocycles. The number of aliphatic imine (C=N–C) groups is 1. The molecule has 0 bridgehead atoms. The van der Waals surface area contributed by atoms with Crippen molar-refractivity contribution in [2.75, 3.05) is 26.3 Å². The van der Waals surface area contributed by atoms with E-state index in [1.807, 2.05) is 35.2 Å². The summed E-state index contributed by atoms with van der Waals surface area (Å²) in [5.41, 5.74) is 0.883. The highest BCUT2D eigenvalue weighted by Gasteiger charge is 2.12. The Balaban J connectivity index is 2.06. The van der Waals surface area contributed by atoms with Gasteiger partial charge in [-0.3, -0.25) is 0 Å². The average molecular weight is 225 g/mol. The molecule has 1 fully saturated rings. The first-order valence-corrected chi connectivity index (χ1v) is 5.36. The lowest BCUT2D eigenvalue weighted by atomic mass is 10.3. The monoisotopic (exact) mass is 224 g/mol. The van der Waals surface area contributed by atoms with Crippen molar-refractivity contribution in [2.45, 2.75) is 0 Å². The van der Waals surface area contributed by atoms with Gasteiger partial charge in [-0.05, 0) is 23.7 Å². The van der Waals surface area contributed by atoms with Gasteiger partial charge < -0.3 is 9.64 Å². The Morgan fingerprint density at radius 2 is 1.87 bits per heavy atom. The van der Waals surface area contributed by atoms with Crippen molar-refractivity contribution < 1.29 is 4.74 Å². The number of rotatable bonds is 1. The highest BCUT2D eigenvalue weighted by molar-refractivity contribution is 6.64. The van der Waals surface area contributed by atoms with Gasteiger partial charge in [-0.2, -0.15) is 0 Å². The molecule has 0 aliphatic carbocycles. The summed E-state index contributed by atoms with van der Waals surface area (Å²) in [5.74, 6) is 0. The fourth-order valence-corrected chi connectivity index (χ4v) is 1.69. The van der Waals surface area contributed by atoms with Gasteiger partial charge in [0, 0.05) is 13.1 Å². The first-order valence-electron chi connectivity index (χ1n) is 4.98. The van der Waals surface area contributed by atoms with E-state index in [0.29, 0.717) is 5.29 Å². The number of halogens is 1. The van der Waals surface area contributed by atoms with E-state index >= 15 is 0 Å². The molecule has 15 heavy (non-hydrogen) atoms. The van der Waals surface area contributed by atoms with E-state index in [2.05, 4.69) is 4.99 Å². The van der Waals surface area contributed by atoms with E-state index < -0.39 is 0 Å². The van der Waals surface area contributed by atoms with Crippen LogP contribution in [0.2, 0.25) is 0 Å². The van der Waals surface area contributed by atoms with Crippen molar-refractivity contribution in [2.24, 2.45) is 4.99 Å². The van der Waals surface area contributed by atoms with Crippen molar-refractivity contribution in [1.29, 1.82) is 0 Å². The van der Waals surface area contributed by atoms with Crippen LogP contribution in [0.3, 0.4) is 0 Å². The predicted molar refractivity (Wildman–Crippen MR) is 61.8 cm³/mol. The maximum atomic E-state index is 6.11. The molecule has 0 N–H and O–H groups in total. The Bertz CT molecular complexity index is 334. The van der Waals surface area contributed by atoms with Gasteiger partial charge in [0.1, 0.15) is 0 Å². The van der Waals surface area contributed by atoms with E-state index in [1.54, 1.807) is 0 Å². The zero-order valence-corrected chi connectivity index (χ0v) is 9.15. The van der Waals surface area contributed by atoms with E-state index in [-0.39, 0.29) is 0 Å². The van der Waals surface area contributed by atoms with Crippen LogP contribution in [0, 0.1) is 0 Å². The molecule has 0 saturated carbocycles. The molecule has 1 aliphatic rings. The molecule has 2 rings (SSSR count). The van der Waals surface area contributed by atoms with Gasteiger partial charge in [-0.1, -0.05) is 18.2 Å². The first kappa shape index (κ1) is 10.5. The van der Waals surface area contributed by atoms with Crippen LogP contribution in [-0.2, 0) is 4.74 Å². The van der Waals surface area contributed by atoms with Crippen LogP contribution < -0.4 is 0 Å². The molecule has 80 valence electrons. The lowest BCUT2D eigenvalue weighted by Gasteiger charge is -2.26. The summed E-state index contributed by atoms with van der Waals surface area (Å²) in [6, 6.07) is 9.72. The van der Waals surface area contributed by atoms with Gasteiger partial charge in [0.05, 0.1) is 18.9 Å². The third-order valence-corrected chi connectivity index (χ3v) is 2.57. The normalized spacial score (nSPS) is 17.9. The Morgan fingerprint density at radius 3 is 2.53 bits per heavy atom. The van der Waals surface area contributed by atoms with Crippen LogP contribution in [-0.4, -0.2) is 36.5 Å². The van der Waals surface area contributed by atoms with E-state index in [4.69, 9.17) is 16.3 Å². The summed E-state index contributed by atoms with van der Waals surface area (Å²) in [7, 11) is 0. The molecular weight excluding hydrogens is 212 g/mol. The number of amidine groups is 1. The molecule has 0 unspecified atom stereocenters. The second kappa shape index (κ2) is 5.14. The van der Waals surface area contributed by atoms with Crippen molar-refractivity contribution in [3.8, 4) is 0 Å². The van der Waals surface area contributed by atoms with Crippen LogP contribution in [0.1, 0.15) is 0 Å². The van der Waals surface area contributed by atoms with Crippen molar-refractivity contribution in [1.82, 2.24) is 4.90 Å². The van der Waals surface area contributed by atoms with Crippen LogP contribution >= 0.6 is 11.6 Å². The summed E-state index contributed by atoms with van der Waals surface area (Å²) >= 11 is 6.11. The van der Waals surface area contributed by atoms with E-state index in [1.165, 1.54) is 0 Å². The summed E-state index contributed by atoms with van der Waals surface area (Å²) in [6.07, 6.45) is 0. The number of morpholine rings is 1. The second-order valence-electron chi connectivity index (χ2n) is 3.32. The summed E-state index contributed by atoms with van der Waals surface area (Å²) < 4.78 is 5.24. The van der Waals surface area contributed by atoms with Crippen LogP contribution in [0.4, 0.5) is 5.69 Å². The van der Waals surface area contributed by atoms with E-state index in [9.17, 15) is 0 Å². The Hall–Kier alpha value is -1.06. The maximum absolute atomic E-state index is 6.11. The average Bonchev–Trinajstić information content (AvgIpc) is 2.31. The number of hydrogen-bond donors (Lipinski definition) is 0. The van der Waals surface area contributed by atoms with E-state index in [0.717, 1.165) is 32.0 Å². The van der Waals surface area contributed by atoms with Gasteiger partial charge in [0.25, 0.3) is 0 Å². The molecule has 0 atom stereocenters. The highest BCUT2D eigenvalue weighted by atomic mass is 35.5. The molecule has 0 spiro atoms. The number of nitrogens with zero attached hydrogens (tertiary/aromatic N) is 2. The minimum atomic E-state index is 0.546. The molecule has 0 radical (unpaired) electrons. The largest absolute Gasteiger partial charge is 0.378 e. The quantitative estimate of drug-likeness (QED) is 0.415. The molecule has 1 aliphatic heterocycles. The number of hydrogen-bond acceptors (Lipinski definition) is 2. The van der Waals surface area contributed by atoms with Crippen LogP contribution in [0.25, 0.3) is 0 Å². The van der Waals surface area contributed by atoms with Gasteiger partial charge in [0.2, 0.25) is 0 Å². The summed E-state index contributed by atoms with van der Waals surface area (Å²) in [4.78, 5) is 6.36. The smallest absolute Gasteiger partial charge is 0.199 e. The van der Waals surface area contributed by atoms with Crippen molar-refractivity contribution >= 4 is 22.6 Å². The van der Waals surface area contributed by atoms with Crippen LogP contribution in [0.15, 0.2) is 35.3 Å². The molecule has 4 heteroatoms. The van der Waals surface area contributed by atoms with Crippen LogP contribution in [0.5, 0.6) is 0 Å². The summed E-state index contributed by atoms with van der Waals surface area (Å²) in [6.45, 7) is 3.07. The van der Waals surface area contributed by atoms with Gasteiger partial charge in [-0.25, -0.2) is 4.99 Å².